The molecule has 1 rings (SSSR count). The molecule has 0 aliphatic heterocycles. The van der Waals surface area contributed by atoms with Crippen molar-refractivity contribution < 1.29 is 4.79 Å². The third kappa shape index (κ3) is 2.70. The highest BCUT2D eigenvalue weighted by Crippen LogP contribution is 2.03. The lowest BCUT2D eigenvalue weighted by atomic mass is 10.3. The summed E-state index contributed by atoms with van der Waals surface area (Å²) in [5.41, 5.74) is 1.01. The Morgan fingerprint density at radius 2 is 2.09 bits per heavy atom. The summed E-state index contributed by atoms with van der Waals surface area (Å²) in [5, 5.41) is 3.03. The van der Waals surface area contributed by atoms with Crippen LogP contribution in [0.3, 0.4) is 0 Å². The molecule has 0 aliphatic rings. The predicted molar refractivity (Wildman–Crippen MR) is 45.2 cm³/mol. The molecule has 1 aromatic rings. The Balaban J connectivity index is 2.45. The average molecular weight is 147 g/mol. The predicted octanol–water partition coefficient (Wildman–Crippen LogP) is 1.49. The first-order valence-corrected chi connectivity index (χ1v) is 3.42. The Hall–Kier alpha value is -1.53. The zero-order valence-corrected chi connectivity index (χ0v) is 6.08. The Labute approximate surface area is 65.5 Å². The van der Waals surface area contributed by atoms with Gasteiger partial charge in [0.05, 0.1) is 0 Å². The van der Waals surface area contributed by atoms with Gasteiger partial charge in [0.25, 0.3) is 0 Å². The van der Waals surface area contributed by atoms with Crippen LogP contribution in [0.15, 0.2) is 36.4 Å². The summed E-state index contributed by atoms with van der Waals surface area (Å²) in [6.45, 7) is 0.535. The molecule has 0 atom stereocenters. The van der Waals surface area contributed by atoms with Crippen LogP contribution in [0.4, 0.5) is 5.69 Å². The van der Waals surface area contributed by atoms with Crippen molar-refractivity contribution in [3.05, 3.63) is 36.4 Å². The first kappa shape index (κ1) is 7.58. The summed E-state index contributed by atoms with van der Waals surface area (Å²) in [7, 11) is 0. The van der Waals surface area contributed by atoms with Gasteiger partial charge in [-0.2, -0.15) is 0 Å². The van der Waals surface area contributed by atoms with Crippen LogP contribution in [0.5, 0.6) is 0 Å². The maximum absolute atomic E-state index is 9.77. The molecule has 1 aromatic carbocycles. The van der Waals surface area contributed by atoms with E-state index >= 15 is 0 Å². The third-order valence-corrected chi connectivity index (χ3v) is 1.27. The number of carbonyl (C=O) groups excluding carboxylic acids is 1. The van der Waals surface area contributed by atoms with Crippen molar-refractivity contribution >= 4 is 11.6 Å². The lowest BCUT2D eigenvalue weighted by Gasteiger charge is -1.99. The van der Waals surface area contributed by atoms with Crippen molar-refractivity contribution in [1.29, 1.82) is 0 Å². The van der Waals surface area contributed by atoms with Gasteiger partial charge < -0.3 is 5.32 Å². The van der Waals surface area contributed by atoms with E-state index in [-0.39, 0.29) is 0 Å². The highest BCUT2D eigenvalue weighted by molar-refractivity contribution is 5.49. The lowest BCUT2D eigenvalue weighted by molar-refractivity contribution is 0.568. The molecule has 0 aliphatic carbocycles. The van der Waals surface area contributed by atoms with Crippen LogP contribution < -0.4 is 5.32 Å². The standard InChI is InChI=1S/C9H9NO/c11-8-4-7-10-9-5-2-1-3-6-9/h1-6,10H,7H2. The summed E-state index contributed by atoms with van der Waals surface area (Å²) in [6, 6.07) is 9.71. The molecule has 0 aromatic heterocycles. The molecule has 0 heterocycles. The van der Waals surface area contributed by atoms with E-state index in [4.69, 9.17) is 0 Å². The SMILES string of the molecule is O=C=CCNc1ccccc1. The number of para-hydroxylation sites is 1. The van der Waals surface area contributed by atoms with Crippen LogP contribution in [-0.4, -0.2) is 12.5 Å². The molecule has 2 heteroatoms. The Kier molecular flexibility index (Phi) is 2.97. The van der Waals surface area contributed by atoms with Crippen molar-refractivity contribution in [2.75, 3.05) is 11.9 Å². The van der Waals surface area contributed by atoms with E-state index in [1.165, 1.54) is 6.08 Å². The van der Waals surface area contributed by atoms with E-state index in [9.17, 15) is 4.79 Å². The zero-order chi connectivity index (χ0) is 7.94. The molecular formula is C9H9NO. The van der Waals surface area contributed by atoms with E-state index < -0.39 is 0 Å². The molecule has 0 unspecified atom stereocenters. The summed E-state index contributed by atoms with van der Waals surface area (Å²) < 4.78 is 0. The molecule has 0 saturated carbocycles. The quantitative estimate of drug-likeness (QED) is 0.656. The van der Waals surface area contributed by atoms with Gasteiger partial charge in [-0.3, -0.25) is 0 Å². The van der Waals surface area contributed by atoms with Crippen molar-refractivity contribution in [3.63, 3.8) is 0 Å². The number of benzene rings is 1. The smallest absolute Gasteiger partial charge is 0.121 e. The largest absolute Gasteiger partial charge is 0.381 e. The van der Waals surface area contributed by atoms with Gasteiger partial charge in [-0.05, 0) is 12.1 Å². The number of nitrogens with one attached hydrogen (secondary N) is 1. The summed E-state index contributed by atoms with van der Waals surface area (Å²) in [4.78, 5) is 9.77. The maximum atomic E-state index is 9.77. The van der Waals surface area contributed by atoms with E-state index in [0.717, 1.165) is 5.69 Å². The van der Waals surface area contributed by atoms with Crippen LogP contribution >= 0.6 is 0 Å². The van der Waals surface area contributed by atoms with Gasteiger partial charge in [0, 0.05) is 18.3 Å². The summed E-state index contributed by atoms with van der Waals surface area (Å²) in [6.07, 6.45) is 1.41. The molecule has 2 nitrogen and oxygen atoms in total. The van der Waals surface area contributed by atoms with Gasteiger partial charge in [-0.15, -0.1) is 0 Å². The lowest BCUT2D eigenvalue weighted by Crippen LogP contribution is -1.97. The number of hydrogen-bond acceptors (Lipinski definition) is 2. The van der Waals surface area contributed by atoms with Crippen LogP contribution in [0.1, 0.15) is 0 Å². The van der Waals surface area contributed by atoms with E-state index in [1.54, 1.807) is 5.94 Å². The molecule has 1 N–H and O–H groups in total. The fourth-order valence-corrected chi connectivity index (χ4v) is 0.767. The molecule has 0 bridgehead atoms. The molecule has 56 valence electrons. The fraction of sp³-hybridized carbons (Fsp3) is 0.111. The topological polar surface area (TPSA) is 29.1 Å². The summed E-state index contributed by atoms with van der Waals surface area (Å²) >= 11 is 0. The molecule has 0 radical (unpaired) electrons. The van der Waals surface area contributed by atoms with Gasteiger partial charge in [0.1, 0.15) is 5.94 Å². The Bertz CT molecular complexity index is 250. The van der Waals surface area contributed by atoms with Crippen molar-refractivity contribution in [2.24, 2.45) is 0 Å². The molecular weight excluding hydrogens is 138 g/mol. The second kappa shape index (κ2) is 4.31. The van der Waals surface area contributed by atoms with Crippen LogP contribution in [0, 0.1) is 0 Å². The van der Waals surface area contributed by atoms with Gasteiger partial charge in [-0.1, -0.05) is 18.2 Å². The monoisotopic (exact) mass is 147 g/mol. The van der Waals surface area contributed by atoms with E-state index in [2.05, 4.69) is 5.32 Å². The minimum absolute atomic E-state index is 0.535. The molecule has 11 heavy (non-hydrogen) atoms. The van der Waals surface area contributed by atoms with Crippen molar-refractivity contribution in [3.8, 4) is 0 Å². The second-order valence-electron chi connectivity index (χ2n) is 2.07. The number of hydrogen-bond donors (Lipinski definition) is 1. The average Bonchev–Trinajstić information content (AvgIpc) is 2.07. The van der Waals surface area contributed by atoms with Crippen LogP contribution in [0.2, 0.25) is 0 Å². The normalized spacial score (nSPS) is 8.36. The van der Waals surface area contributed by atoms with Gasteiger partial charge >= 0.3 is 0 Å². The minimum atomic E-state index is 0.535. The van der Waals surface area contributed by atoms with E-state index in [0.29, 0.717) is 6.54 Å². The van der Waals surface area contributed by atoms with Gasteiger partial charge in [0.2, 0.25) is 0 Å². The van der Waals surface area contributed by atoms with Crippen molar-refractivity contribution in [2.45, 2.75) is 0 Å². The molecule has 0 saturated heterocycles. The van der Waals surface area contributed by atoms with Crippen molar-refractivity contribution in [1.82, 2.24) is 0 Å². The maximum Gasteiger partial charge on any atom is 0.121 e. The molecule has 0 spiro atoms. The second-order valence-corrected chi connectivity index (χ2v) is 2.07. The number of rotatable bonds is 3. The Morgan fingerprint density at radius 3 is 2.73 bits per heavy atom. The highest BCUT2D eigenvalue weighted by atomic mass is 16.1. The fourth-order valence-electron chi connectivity index (χ4n) is 0.767. The van der Waals surface area contributed by atoms with Gasteiger partial charge in [0.15, 0.2) is 0 Å². The van der Waals surface area contributed by atoms with Crippen LogP contribution in [0.25, 0.3) is 0 Å². The first-order chi connectivity index (χ1) is 5.43. The number of anilines is 1. The highest BCUT2D eigenvalue weighted by Gasteiger charge is 1.83. The molecule has 0 fully saturated rings. The Morgan fingerprint density at radius 1 is 1.36 bits per heavy atom. The van der Waals surface area contributed by atoms with Gasteiger partial charge in [-0.25, -0.2) is 4.79 Å². The third-order valence-electron chi connectivity index (χ3n) is 1.27. The molecule has 0 amide bonds. The van der Waals surface area contributed by atoms with Crippen LogP contribution in [-0.2, 0) is 4.79 Å². The first-order valence-electron chi connectivity index (χ1n) is 3.42. The zero-order valence-electron chi connectivity index (χ0n) is 6.08. The van der Waals surface area contributed by atoms with E-state index in [1.807, 2.05) is 30.3 Å². The minimum Gasteiger partial charge on any atom is -0.381 e. The summed E-state index contributed by atoms with van der Waals surface area (Å²) in [5.74, 6) is 1.70.